The van der Waals surface area contributed by atoms with Crippen molar-refractivity contribution in [3.8, 4) is 0 Å². The lowest BCUT2D eigenvalue weighted by atomic mass is 9.76. The summed E-state index contributed by atoms with van der Waals surface area (Å²) in [6, 6.07) is 18.9. The van der Waals surface area contributed by atoms with Gasteiger partial charge in [0.05, 0.1) is 0 Å². The van der Waals surface area contributed by atoms with Crippen LogP contribution < -0.4 is 15.3 Å². The predicted molar refractivity (Wildman–Crippen MR) is 197 cm³/mol. The number of hydrogen-bond acceptors (Lipinski definition) is 1. The molecule has 9 rings (SSSR count). The number of rotatable bonds is 4. The number of anilines is 1. The van der Waals surface area contributed by atoms with Crippen LogP contribution in [-0.4, -0.2) is 6.04 Å². The molecule has 1 heterocycles. The van der Waals surface area contributed by atoms with E-state index in [1.807, 2.05) is 0 Å². The average Bonchev–Trinajstić information content (AvgIpc) is 3.13. The highest BCUT2D eigenvalue weighted by atomic mass is 15.2. The van der Waals surface area contributed by atoms with E-state index in [-0.39, 0.29) is 0 Å². The van der Waals surface area contributed by atoms with Gasteiger partial charge in [0.15, 0.2) is 0 Å². The van der Waals surface area contributed by atoms with E-state index in [9.17, 15) is 0 Å². The van der Waals surface area contributed by atoms with Crippen LogP contribution in [0.5, 0.6) is 0 Å². The summed E-state index contributed by atoms with van der Waals surface area (Å²) in [7, 11) is 0. The second-order valence-corrected chi connectivity index (χ2v) is 14.0. The van der Waals surface area contributed by atoms with Gasteiger partial charge in [-0.3, -0.25) is 0 Å². The van der Waals surface area contributed by atoms with Gasteiger partial charge in [-0.1, -0.05) is 109 Å². The molecule has 0 N–H and O–H groups in total. The SMILES string of the molecule is C1=CCC(C2CCc3ccccc3N2C2=CC=C(c3c4c(c(C5=CC=C6C=CCCC6C5)c5ccccc35)=CCCC=4)CC2)C=C1. The van der Waals surface area contributed by atoms with Gasteiger partial charge in [0.25, 0.3) is 0 Å². The summed E-state index contributed by atoms with van der Waals surface area (Å²) >= 11 is 0. The van der Waals surface area contributed by atoms with E-state index in [4.69, 9.17) is 0 Å². The smallest absolute Gasteiger partial charge is 0.0443 e. The van der Waals surface area contributed by atoms with E-state index in [1.54, 1.807) is 0 Å². The van der Waals surface area contributed by atoms with E-state index in [2.05, 4.69) is 126 Å². The van der Waals surface area contributed by atoms with E-state index in [0.717, 1.165) is 38.5 Å². The summed E-state index contributed by atoms with van der Waals surface area (Å²) in [5.41, 5.74) is 11.9. The van der Waals surface area contributed by atoms with Gasteiger partial charge in [-0.05, 0) is 137 Å². The van der Waals surface area contributed by atoms with Gasteiger partial charge >= 0.3 is 0 Å². The number of aryl methyl sites for hydroxylation is 1. The molecule has 0 amide bonds. The zero-order chi connectivity index (χ0) is 30.5. The Morgan fingerprint density at radius 2 is 1.43 bits per heavy atom. The van der Waals surface area contributed by atoms with Crippen LogP contribution in [0.1, 0.15) is 74.5 Å². The monoisotopic (exact) mass is 597 g/mol. The maximum absolute atomic E-state index is 2.73. The number of nitrogens with zero attached hydrogens (tertiary/aromatic N) is 1. The molecule has 5 aliphatic carbocycles. The fourth-order valence-corrected chi connectivity index (χ4v) is 9.26. The van der Waals surface area contributed by atoms with Gasteiger partial charge < -0.3 is 4.90 Å². The van der Waals surface area contributed by atoms with Gasteiger partial charge in [0, 0.05) is 23.3 Å². The molecule has 0 aromatic heterocycles. The van der Waals surface area contributed by atoms with E-state index >= 15 is 0 Å². The minimum atomic E-state index is 0.506. The molecule has 6 aliphatic rings. The zero-order valence-electron chi connectivity index (χ0n) is 26.8. The second kappa shape index (κ2) is 11.8. The van der Waals surface area contributed by atoms with Crippen molar-refractivity contribution in [1.29, 1.82) is 0 Å². The highest BCUT2D eigenvalue weighted by Crippen LogP contribution is 2.43. The molecular weight excluding hydrogens is 555 g/mol. The third-order valence-corrected chi connectivity index (χ3v) is 11.4. The third kappa shape index (κ3) is 4.75. The van der Waals surface area contributed by atoms with Gasteiger partial charge in [-0.2, -0.15) is 0 Å². The van der Waals surface area contributed by atoms with Gasteiger partial charge in [-0.25, -0.2) is 0 Å². The van der Waals surface area contributed by atoms with Crippen molar-refractivity contribution in [2.24, 2.45) is 11.8 Å². The lowest BCUT2D eigenvalue weighted by Crippen LogP contribution is -2.43. The first-order chi connectivity index (χ1) is 22.8. The summed E-state index contributed by atoms with van der Waals surface area (Å²) in [5, 5.41) is 5.80. The quantitative estimate of drug-likeness (QED) is 0.289. The maximum Gasteiger partial charge on any atom is 0.0443 e. The van der Waals surface area contributed by atoms with Gasteiger partial charge in [0.1, 0.15) is 0 Å². The summed E-state index contributed by atoms with van der Waals surface area (Å²) < 4.78 is 0. The largest absolute Gasteiger partial charge is 0.341 e. The summed E-state index contributed by atoms with van der Waals surface area (Å²) in [5.74, 6) is 1.21. The lowest BCUT2D eigenvalue weighted by Gasteiger charge is -2.44. The Kier molecular flexibility index (Phi) is 7.14. The molecular formula is C45H43N. The standard InChI is InChI=1S/C45H43N/c1-2-13-32(14-3-1)43-29-26-33-15-6-11-21-42(33)46(43)37-27-24-34(25-28-37)44-38-17-7-9-19-40(38)45(41-20-10-8-18-39(41)44)36-23-22-31-12-4-5-16-35(31)30-36/h1-4,6-7,9,11-13,15,17-24,27,32,35,43H,5,8,10,14,16,25-26,28-30H2. The Balaban J connectivity index is 1.17. The van der Waals surface area contributed by atoms with Crippen molar-refractivity contribution in [2.45, 2.75) is 70.3 Å². The Morgan fingerprint density at radius 1 is 0.652 bits per heavy atom. The second-order valence-electron chi connectivity index (χ2n) is 14.0. The molecule has 0 fully saturated rings. The first kappa shape index (κ1) is 27.9. The Labute approximate surface area is 273 Å². The molecule has 1 heteroatoms. The van der Waals surface area contributed by atoms with Gasteiger partial charge in [0.2, 0.25) is 0 Å². The zero-order valence-corrected chi connectivity index (χ0v) is 26.8. The third-order valence-electron chi connectivity index (χ3n) is 11.4. The van der Waals surface area contributed by atoms with Crippen molar-refractivity contribution >= 4 is 39.8 Å². The molecule has 0 saturated carbocycles. The highest BCUT2D eigenvalue weighted by Gasteiger charge is 2.34. The number of hydrogen-bond donors (Lipinski definition) is 0. The molecule has 1 aliphatic heterocycles. The Bertz CT molecular complexity index is 2070. The van der Waals surface area contributed by atoms with Crippen molar-refractivity contribution in [3.05, 3.63) is 148 Å². The predicted octanol–water partition coefficient (Wildman–Crippen LogP) is 9.89. The van der Waals surface area contributed by atoms with Crippen LogP contribution in [0.15, 0.2) is 121 Å². The van der Waals surface area contributed by atoms with Gasteiger partial charge in [-0.15, -0.1) is 0 Å². The maximum atomic E-state index is 2.73. The summed E-state index contributed by atoms with van der Waals surface area (Å²) in [6.07, 6.45) is 40.4. The molecule has 3 atom stereocenters. The molecule has 0 bridgehead atoms. The normalized spacial score (nSPS) is 24.9. The van der Waals surface area contributed by atoms with E-state index in [1.165, 1.54) is 91.7 Å². The van der Waals surface area contributed by atoms with Crippen LogP contribution in [-0.2, 0) is 6.42 Å². The average molecular weight is 598 g/mol. The fraction of sp³-hybridized carbons (Fsp3) is 0.289. The Hall–Kier alpha value is -4.36. The number of benzene rings is 3. The van der Waals surface area contributed by atoms with Crippen LogP contribution in [0.3, 0.4) is 0 Å². The van der Waals surface area contributed by atoms with Crippen LogP contribution in [0.4, 0.5) is 5.69 Å². The van der Waals surface area contributed by atoms with Crippen LogP contribution in [0.25, 0.3) is 34.1 Å². The number of para-hydroxylation sites is 1. The molecule has 228 valence electrons. The molecule has 3 aromatic rings. The summed E-state index contributed by atoms with van der Waals surface area (Å²) in [4.78, 5) is 2.73. The minimum Gasteiger partial charge on any atom is -0.341 e. The van der Waals surface area contributed by atoms with Crippen LogP contribution in [0.2, 0.25) is 0 Å². The fourth-order valence-electron chi connectivity index (χ4n) is 9.26. The minimum absolute atomic E-state index is 0.506. The highest BCUT2D eigenvalue weighted by molar-refractivity contribution is 6.02. The number of fused-ring (bicyclic) bond motifs is 4. The number of allylic oxidation sites excluding steroid dienone is 13. The van der Waals surface area contributed by atoms with E-state index < -0.39 is 0 Å². The van der Waals surface area contributed by atoms with E-state index in [0.29, 0.717) is 17.9 Å². The van der Waals surface area contributed by atoms with Crippen molar-refractivity contribution in [3.63, 3.8) is 0 Å². The van der Waals surface area contributed by atoms with Crippen LogP contribution >= 0.6 is 0 Å². The molecule has 46 heavy (non-hydrogen) atoms. The molecule has 3 unspecified atom stereocenters. The van der Waals surface area contributed by atoms with Crippen LogP contribution in [0, 0.1) is 11.8 Å². The first-order valence-corrected chi connectivity index (χ1v) is 17.8. The molecule has 0 saturated heterocycles. The summed E-state index contributed by atoms with van der Waals surface area (Å²) in [6.45, 7) is 0. The molecule has 0 spiro atoms. The molecule has 1 nitrogen and oxygen atoms in total. The molecule has 0 radical (unpaired) electrons. The van der Waals surface area contributed by atoms with Crippen molar-refractivity contribution < 1.29 is 0 Å². The molecule has 3 aromatic carbocycles. The van der Waals surface area contributed by atoms with Crippen molar-refractivity contribution in [1.82, 2.24) is 0 Å². The lowest BCUT2D eigenvalue weighted by molar-refractivity contribution is 0.438. The first-order valence-electron chi connectivity index (χ1n) is 17.8. The Morgan fingerprint density at radius 3 is 2.22 bits per heavy atom. The van der Waals surface area contributed by atoms with Crippen molar-refractivity contribution in [2.75, 3.05) is 4.90 Å². The topological polar surface area (TPSA) is 3.24 Å².